The average Bonchev–Trinajstić information content (AvgIpc) is 3.35. The minimum atomic E-state index is -1.26. The van der Waals surface area contributed by atoms with Crippen LogP contribution in [0.1, 0.15) is 38.1 Å². The van der Waals surface area contributed by atoms with Crippen LogP contribution in [-0.2, 0) is 12.8 Å². The number of rotatable bonds is 8. The molecule has 1 N–H and O–H groups in total. The molecule has 0 saturated heterocycles. The van der Waals surface area contributed by atoms with Crippen molar-refractivity contribution in [1.82, 2.24) is 9.55 Å². The number of hydrogen-bond donors (Lipinski definition) is 1. The quantitative estimate of drug-likeness (QED) is 0.303. The molecule has 36 heavy (non-hydrogen) atoms. The largest absolute Gasteiger partial charge is 0.497 e. The van der Waals surface area contributed by atoms with Crippen molar-refractivity contribution in [2.75, 3.05) is 7.11 Å². The van der Waals surface area contributed by atoms with Crippen molar-refractivity contribution in [3.8, 4) is 5.75 Å². The Morgan fingerprint density at radius 3 is 2.11 bits per heavy atom. The molecule has 6 nitrogen and oxygen atoms in total. The summed E-state index contributed by atoms with van der Waals surface area (Å²) in [5.74, 6) is -0.465. The van der Waals surface area contributed by atoms with Gasteiger partial charge in [-0.1, -0.05) is 72.8 Å². The van der Waals surface area contributed by atoms with Crippen molar-refractivity contribution in [3.05, 3.63) is 129 Å². The first-order chi connectivity index (χ1) is 17.5. The van der Waals surface area contributed by atoms with Gasteiger partial charge in [0.05, 0.1) is 18.2 Å². The molecule has 0 saturated carbocycles. The highest BCUT2D eigenvalue weighted by molar-refractivity contribution is 7.18. The van der Waals surface area contributed by atoms with Gasteiger partial charge in [0, 0.05) is 12.6 Å². The standard InChI is InChI=1S/C29H24N2O4S/c1-35-22-15-12-19(13-16-22)14-17-24-30-25-27(32)23(29(33)34)18-31(28(25)36-24)26(20-8-4-2-5-9-20)21-10-6-3-7-11-21/h2-13,15-16,18,26H,14,17H2,1H3,(H,33,34). The third kappa shape index (κ3) is 4.65. The Bertz CT molecular complexity index is 1520. The number of benzene rings is 3. The summed E-state index contributed by atoms with van der Waals surface area (Å²) in [7, 11) is 1.63. The molecule has 0 atom stereocenters. The van der Waals surface area contributed by atoms with E-state index in [1.165, 1.54) is 17.5 Å². The number of ether oxygens (including phenoxy) is 1. The lowest BCUT2D eigenvalue weighted by molar-refractivity contribution is 0.0694. The summed E-state index contributed by atoms with van der Waals surface area (Å²) in [5, 5.41) is 10.6. The van der Waals surface area contributed by atoms with Crippen LogP contribution in [0.15, 0.2) is 95.9 Å². The summed E-state index contributed by atoms with van der Waals surface area (Å²) >= 11 is 1.44. The monoisotopic (exact) mass is 496 g/mol. The van der Waals surface area contributed by atoms with Crippen LogP contribution in [-0.4, -0.2) is 27.7 Å². The Hall–Kier alpha value is -4.23. The number of aryl methyl sites for hydroxylation is 2. The zero-order valence-corrected chi connectivity index (χ0v) is 20.4. The molecule has 0 radical (unpaired) electrons. The average molecular weight is 497 g/mol. The third-order valence-corrected chi connectivity index (χ3v) is 7.27. The van der Waals surface area contributed by atoms with E-state index in [0.29, 0.717) is 11.3 Å². The Morgan fingerprint density at radius 2 is 1.56 bits per heavy atom. The summed E-state index contributed by atoms with van der Waals surface area (Å²) in [6.45, 7) is 0. The zero-order chi connectivity index (χ0) is 25.1. The molecule has 0 aliphatic carbocycles. The van der Waals surface area contributed by atoms with Crippen LogP contribution >= 0.6 is 11.3 Å². The molecule has 7 heteroatoms. The van der Waals surface area contributed by atoms with Crippen molar-refractivity contribution in [3.63, 3.8) is 0 Å². The third-order valence-electron chi connectivity index (χ3n) is 6.14. The van der Waals surface area contributed by atoms with Crippen molar-refractivity contribution in [2.24, 2.45) is 0 Å². The molecule has 0 aliphatic rings. The number of carbonyl (C=O) groups is 1. The number of nitrogens with zero attached hydrogens (tertiary/aromatic N) is 2. The highest BCUT2D eigenvalue weighted by atomic mass is 32.1. The second-order valence-corrected chi connectivity index (χ2v) is 9.48. The highest BCUT2D eigenvalue weighted by Gasteiger charge is 2.24. The SMILES string of the molecule is COc1ccc(CCc2nc3c(=O)c(C(=O)O)cn(C(c4ccccc4)c4ccccc4)c3s2)cc1. The Labute approximate surface area is 212 Å². The van der Waals surface area contributed by atoms with Crippen LogP contribution in [0.2, 0.25) is 0 Å². The van der Waals surface area contributed by atoms with Gasteiger partial charge in [0.15, 0.2) is 0 Å². The number of carboxylic acids is 1. The smallest absolute Gasteiger partial charge is 0.341 e. The summed E-state index contributed by atoms with van der Waals surface area (Å²) in [6, 6.07) is 27.3. The first kappa shape index (κ1) is 23.5. The van der Waals surface area contributed by atoms with Crippen molar-refractivity contribution in [1.29, 1.82) is 0 Å². The van der Waals surface area contributed by atoms with E-state index in [9.17, 15) is 14.7 Å². The van der Waals surface area contributed by atoms with Crippen LogP contribution in [0, 0.1) is 0 Å². The molecule has 0 aliphatic heterocycles. The predicted molar refractivity (Wildman–Crippen MR) is 141 cm³/mol. The normalized spacial score (nSPS) is 11.2. The van der Waals surface area contributed by atoms with Gasteiger partial charge in [0.2, 0.25) is 5.43 Å². The predicted octanol–water partition coefficient (Wildman–Crippen LogP) is 5.59. The summed E-state index contributed by atoms with van der Waals surface area (Å²) < 4.78 is 7.12. The van der Waals surface area contributed by atoms with E-state index < -0.39 is 11.4 Å². The molecular formula is C29H24N2O4S. The van der Waals surface area contributed by atoms with Crippen LogP contribution in [0.5, 0.6) is 5.75 Å². The number of fused-ring (bicyclic) bond motifs is 1. The van der Waals surface area contributed by atoms with Gasteiger partial charge in [-0.25, -0.2) is 9.78 Å². The molecule has 0 unspecified atom stereocenters. The van der Waals surface area contributed by atoms with E-state index in [-0.39, 0.29) is 17.1 Å². The van der Waals surface area contributed by atoms with Gasteiger partial charge in [0.25, 0.3) is 0 Å². The Balaban J connectivity index is 1.63. The molecule has 2 aromatic heterocycles. The second-order valence-electron chi connectivity index (χ2n) is 8.42. The van der Waals surface area contributed by atoms with E-state index in [4.69, 9.17) is 4.74 Å². The van der Waals surface area contributed by atoms with Gasteiger partial charge in [-0.3, -0.25) is 4.79 Å². The van der Waals surface area contributed by atoms with Gasteiger partial charge in [-0.15, -0.1) is 11.3 Å². The van der Waals surface area contributed by atoms with Crippen LogP contribution in [0.3, 0.4) is 0 Å². The fourth-order valence-electron chi connectivity index (χ4n) is 4.34. The maximum absolute atomic E-state index is 13.1. The molecule has 3 aromatic carbocycles. The molecular weight excluding hydrogens is 472 g/mol. The number of methoxy groups -OCH3 is 1. The van der Waals surface area contributed by atoms with Crippen molar-refractivity contribution >= 4 is 27.7 Å². The van der Waals surface area contributed by atoms with Crippen molar-refractivity contribution < 1.29 is 14.6 Å². The first-order valence-corrected chi connectivity index (χ1v) is 12.4. The number of aromatic nitrogens is 2. The van der Waals surface area contributed by atoms with Gasteiger partial charge < -0.3 is 14.4 Å². The van der Waals surface area contributed by atoms with Gasteiger partial charge >= 0.3 is 5.97 Å². The summed E-state index contributed by atoms with van der Waals surface area (Å²) in [5.41, 5.74) is 2.45. The molecule has 5 rings (SSSR count). The molecule has 0 fully saturated rings. The fourth-order valence-corrected chi connectivity index (χ4v) is 5.40. The summed E-state index contributed by atoms with van der Waals surface area (Å²) in [6.07, 6.45) is 2.84. The highest BCUT2D eigenvalue weighted by Crippen LogP contribution is 2.32. The lowest BCUT2D eigenvalue weighted by Gasteiger charge is -2.23. The minimum absolute atomic E-state index is 0.196. The minimum Gasteiger partial charge on any atom is -0.497 e. The summed E-state index contributed by atoms with van der Waals surface area (Å²) in [4.78, 5) is 30.4. The topological polar surface area (TPSA) is 81.4 Å². The van der Waals surface area contributed by atoms with Gasteiger partial charge in [-0.2, -0.15) is 0 Å². The van der Waals surface area contributed by atoms with Crippen LogP contribution in [0.25, 0.3) is 10.3 Å². The van der Waals surface area contributed by atoms with Crippen LogP contribution in [0.4, 0.5) is 0 Å². The first-order valence-electron chi connectivity index (χ1n) is 11.6. The van der Waals surface area contributed by atoms with Crippen LogP contribution < -0.4 is 10.2 Å². The molecule has 180 valence electrons. The number of thiazole rings is 1. The van der Waals surface area contributed by atoms with Gasteiger partial charge in [-0.05, 0) is 35.2 Å². The Kier molecular flexibility index (Phi) is 6.64. The van der Waals surface area contributed by atoms with Gasteiger partial charge in [0.1, 0.15) is 21.7 Å². The molecule has 0 bridgehead atoms. The second kappa shape index (κ2) is 10.2. The van der Waals surface area contributed by atoms with E-state index >= 15 is 0 Å². The zero-order valence-electron chi connectivity index (χ0n) is 19.6. The van der Waals surface area contributed by atoms with E-state index in [1.54, 1.807) is 7.11 Å². The number of pyridine rings is 1. The number of carboxylic acid groups (broad SMARTS) is 1. The maximum Gasteiger partial charge on any atom is 0.341 e. The van der Waals surface area contributed by atoms with E-state index in [0.717, 1.165) is 33.9 Å². The van der Waals surface area contributed by atoms with E-state index in [2.05, 4.69) is 4.98 Å². The van der Waals surface area contributed by atoms with E-state index in [1.807, 2.05) is 89.5 Å². The molecule has 2 heterocycles. The molecule has 0 spiro atoms. The van der Waals surface area contributed by atoms with Crippen molar-refractivity contribution in [2.45, 2.75) is 18.9 Å². The lowest BCUT2D eigenvalue weighted by Crippen LogP contribution is -2.21. The fraction of sp³-hybridized carbons (Fsp3) is 0.138. The molecule has 5 aromatic rings. The number of hydrogen-bond acceptors (Lipinski definition) is 5. The Morgan fingerprint density at radius 1 is 0.944 bits per heavy atom. The lowest BCUT2D eigenvalue weighted by atomic mass is 9.98. The number of aromatic carboxylic acids is 1. The maximum atomic E-state index is 13.1. The molecule has 0 amide bonds.